The van der Waals surface area contributed by atoms with Gasteiger partial charge in [-0.2, -0.15) is 0 Å². The predicted molar refractivity (Wildman–Crippen MR) is 73.8 cm³/mol. The van der Waals surface area contributed by atoms with Crippen LogP contribution in [0, 0.1) is 5.92 Å². The van der Waals surface area contributed by atoms with Crippen molar-refractivity contribution in [3.05, 3.63) is 11.9 Å². The molecule has 2 rings (SSSR count). The van der Waals surface area contributed by atoms with Gasteiger partial charge >= 0.3 is 0 Å². The first-order chi connectivity index (χ1) is 7.36. The minimum absolute atomic E-state index is 0. The molecule has 0 radical (unpaired) electrons. The standard InChI is InChI=1S/C11H20N4.2ClH/c1-15-11(9-13-14-15)8-12-7-10-5-3-2-4-6-10;;/h9-10,12H,2-8H2,1H3;2*1H. The summed E-state index contributed by atoms with van der Waals surface area (Å²) >= 11 is 0. The van der Waals surface area contributed by atoms with Gasteiger partial charge in [0.05, 0.1) is 11.9 Å². The van der Waals surface area contributed by atoms with E-state index in [2.05, 4.69) is 15.6 Å². The second-order valence-electron chi connectivity index (χ2n) is 4.48. The maximum absolute atomic E-state index is 3.91. The molecule has 0 aromatic carbocycles. The summed E-state index contributed by atoms with van der Waals surface area (Å²) in [4.78, 5) is 0. The number of hydrogen-bond acceptors (Lipinski definition) is 3. The number of hydrogen-bond donors (Lipinski definition) is 1. The zero-order valence-electron chi connectivity index (χ0n) is 10.3. The largest absolute Gasteiger partial charge is 0.311 e. The van der Waals surface area contributed by atoms with Crippen LogP contribution in [0.15, 0.2) is 6.20 Å². The third kappa shape index (κ3) is 5.23. The van der Waals surface area contributed by atoms with Crippen molar-refractivity contribution >= 4 is 24.8 Å². The van der Waals surface area contributed by atoms with E-state index in [1.54, 1.807) is 0 Å². The fraction of sp³-hybridized carbons (Fsp3) is 0.818. The number of nitrogens with zero attached hydrogens (tertiary/aromatic N) is 3. The highest BCUT2D eigenvalue weighted by molar-refractivity contribution is 5.85. The molecule has 0 amide bonds. The molecule has 6 heteroatoms. The highest BCUT2D eigenvalue weighted by Crippen LogP contribution is 2.22. The minimum atomic E-state index is 0. The highest BCUT2D eigenvalue weighted by atomic mass is 35.5. The second kappa shape index (κ2) is 8.72. The first kappa shape index (κ1) is 16.7. The summed E-state index contributed by atoms with van der Waals surface area (Å²) in [6, 6.07) is 0. The van der Waals surface area contributed by atoms with E-state index < -0.39 is 0 Å². The highest BCUT2D eigenvalue weighted by Gasteiger charge is 2.12. The molecule has 1 heterocycles. The van der Waals surface area contributed by atoms with Crippen LogP contribution in [0.5, 0.6) is 0 Å². The van der Waals surface area contributed by atoms with E-state index >= 15 is 0 Å². The molecule has 0 saturated heterocycles. The van der Waals surface area contributed by atoms with Crippen LogP contribution in [0.2, 0.25) is 0 Å². The smallest absolute Gasteiger partial charge is 0.0738 e. The zero-order valence-corrected chi connectivity index (χ0v) is 11.9. The van der Waals surface area contributed by atoms with Crippen molar-refractivity contribution in [1.82, 2.24) is 20.3 Å². The molecule has 1 aliphatic carbocycles. The van der Waals surface area contributed by atoms with E-state index in [1.165, 1.54) is 32.1 Å². The van der Waals surface area contributed by atoms with Gasteiger partial charge in [0.25, 0.3) is 0 Å². The molecule has 1 aromatic heterocycles. The quantitative estimate of drug-likeness (QED) is 0.921. The van der Waals surface area contributed by atoms with E-state index in [-0.39, 0.29) is 24.8 Å². The van der Waals surface area contributed by atoms with Crippen LogP contribution in [-0.4, -0.2) is 21.5 Å². The van der Waals surface area contributed by atoms with Crippen molar-refractivity contribution in [2.45, 2.75) is 38.6 Å². The van der Waals surface area contributed by atoms with Crippen LogP contribution in [0.4, 0.5) is 0 Å². The van der Waals surface area contributed by atoms with Crippen molar-refractivity contribution in [3.8, 4) is 0 Å². The van der Waals surface area contributed by atoms with E-state index in [4.69, 9.17) is 0 Å². The topological polar surface area (TPSA) is 42.7 Å². The third-order valence-electron chi connectivity index (χ3n) is 3.27. The molecule has 0 bridgehead atoms. The maximum Gasteiger partial charge on any atom is 0.0738 e. The molecule has 0 aliphatic heterocycles. The second-order valence-corrected chi connectivity index (χ2v) is 4.48. The van der Waals surface area contributed by atoms with E-state index in [9.17, 15) is 0 Å². The van der Waals surface area contributed by atoms with Crippen molar-refractivity contribution in [2.75, 3.05) is 6.54 Å². The third-order valence-corrected chi connectivity index (χ3v) is 3.27. The van der Waals surface area contributed by atoms with Gasteiger partial charge in [-0.3, -0.25) is 4.68 Å². The molecule has 4 nitrogen and oxygen atoms in total. The molecule has 1 aromatic rings. The molecule has 0 spiro atoms. The summed E-state index contributed by atoms with van der Waals surface area (Å²) < 4.78 is 1.83. The number of aromatic nitrogens is 3. The van der Waals surface area contributed by atoms with Crippen LogP contribution in [-0.2, 0) is 13.6 Å². The van der Waals surface area contributed by atoms with Crippen molar-refractivity contribution < 1.29 is 0 Å². The van der Waals surface area contributed by atoms with Gasteiger partial charge in [-0.15, -0.1) is 29.9 Å². The van der Waals surface area contributed by atoms with Crippen LogP contribution in [0.25, 0.3) is 0 Å². The molecule has 0 atom stereocenters. The Balaban J connectivity index is 0.00000128. The van der Waals surface area contributed by atoms with Gasteiger partial charge in [-0.1, -0.05) is 24.5 Å². The SMILES string of the molecule is Cl.Cl.Cn1nncc1CNCC1CCCCC1. The number of rotatable bonds is 4. The lowest BCUT2D eigenvalue weighted by Crippen LogP contribution is -2.25. The Morgan fingerprint density at radius 3 is 2.59 bits per heavy atom. The summed E-state index contributed by atoms with van der Waals surface area (Å²) in [5.41, 5.74) is 1.16. The van der Waals surface area contributed by atoms with Crippen LogP contribution >= 0.6 is 24.8 Å². The number of nitrogens with one attached hydrogen (secondary N) is 1. The molecular formula is C11H22Cl2N4. The van der Waals surface area contributed by atoms with E-state index in [1.807, 2.05) is 17.9 Å². The monoisotopic (exact) mass is 280 g/mol. The first-order valence-corrected chi connectivity index (χ1v) is 5.90. The summed E-state index contributed by atoms with van der Waals surface area (Å²) in [6.07, 6.45) is 8.89. The Morgan fingerprint density at radius 1 is 1.29 bits per heavy atom. The Kier molecular flexibility index (Phi) is 8.56. The Labute approximate surface area is 115 Å². The van der Waals surface area contributed by atoms with Crippen LogP contribution < -0.4 is 5.32 Å². The lowest BCUT2D eigenvalue weighted by Gasteiger charge is -2.21. The lowest BCUT2D eigenvalue weighted by molar-refractivity contribution is 0.340. The average molecular weight is 281 g/mol. The van der Waals surface area contributed by atoms with Gasteiger partial charge in [0, 0.05) is 13.6 Å². The molecule has 1 saturated carbocycles. The van der Waals surface area contributed by atoms with Crippen molar-refractivity contribution in [2.24, 2.45) is 13.0 Å². The van der Waals surface area contributed by atoms with Crippen LogP contribution in [0.3, 0.4) is 0 Å². The minimum Gasteiger partial charge on any atom is -0.311 e. The maximum atomic E-state index is 3.91. The number of aryl methyl sites for hydroxylation is 1. The lowest BCUT2D eigenvalue weighted by atomic mass is 9.89. The van der Waals surface area contributed by atoms with E-state index in [0.29, 0.717) is 0 Å². The molecule has 1 aliphatic rings. The van der Waals surface area contributed by atoms with Gasteiger partial charge in [0.15, 0.2) is 0 Å². The van der Waals surface area contributed by atoms with Crippen molar-refractivity contribution in [1.29, 1.82) is 0 Å². The van der Waals surface area contributed by atoms with Gasteiger partial charge in [-0.05, 0) is 25.3 Å². The molecule has 1 N–H and O–H groups in total. The molecule has 0 unspecified atom stereocenters. The Morgan fingerprint density at radius 2 is 2.00 bits per heavy atom. The van der Waals surface area contributed by atoms with Crippen molar-refractivity contribution in [3.63, 3.8) is 0 Å². The fourth-order valence-corrected chi connectivity index (χ4v) is 2.27. The number of halogens is 2. The Bertz CT molecular complexity index is 297. The zero-order chi connectivity index (χ0) is 10.5. The summed E-state index contributed by atoms with van der Waals surface area (Å²) in [5, 5.41) is 11.3. The van der Waals surface area contributed by atoms with E-state index in [0.717, 1.165) is 24.7 Å². The Hall–Kier alpha value is -0.320. The van der Waals surface area contributed by atoms with Gasteiger partial charge in [0.1, 0.15) is 0 Å². The average Bonchev–Trinajstić information content (AvgIpc) is 2.66. The predicted octanol–water partition coefficient (Wildman–Crippen LogP) is 2.33. The summed E-state index contributed by atoms with van der Waals surface area (Å²) in [6.45, 7) is 2.03. The summed E-state index contributed by atoms with van der Waals surface area (Å²) in [7, 11) is 1.94. The fourth-order valence-electron chi connectivity index (χ4n) is 2.27. The van der Waals surface area contributed by atoms with Crippen LogP contribution in [0.1, 0.15) is 37.8 Å². The van der Waals surface area contributed by atoms with Gasteiger partial charge < -0.3 is 5.32 Å². The van der Waals surface area contributed by atoms with Gasteiger partial charge in [0.2, 0.25) is 0 Å². The molecule has 1 fully saturated rings. The van der Waals surface area contributed by atoms with Gasteiger partial charge in [-0.25, -0.2) is 0 Å². The first-order valence-electron chi connectivity index (χ1n) is 5.90. The molecule has 17 heavy (non-hydrogen) atoms. The summed E-state index contributed by atoms with van der Waals surface area (Å²) in [5.74, 6) is 0.889. The molecular weight excluding hydrogens is 259 g/mol. The normalized spacial score (nSPS) is 16.1. The molecule has 100 valence electrons.